The van der Waals surface area contributed by atoms with Crippen molar-refractivity contribution in [2.75, 3.05) is 6.61 Å². The third kappa shape index (κ3) is 1.79. The molecule has 68 valence electrons. The number of nitrogens with zero attached hydrogens (tertiary/aromatic N) is 1. The normalized spacial score (nSPS) is 13.2. The van der Waals surface area contributed by atoms with Crippen LogP contribution in [0.5, 0.6) is 5.75 Å². The van der Waals surface area contributed by atoms with Crippen LogP contribution in [0.4, 0.5) is 0 Å². The molecule has 0 spiro atoms. The summed E-state index contributed by atoms with van der Waals surface area (Å²) in [4.78, 5) is 0. The lowest BCUT2D eigenvalue weighted by molar-refractivity contribution is 0.288. The van der Waals surface area contributed by atoms with Crippen molar-refractivity contribution < 1.29 is 4.74 Å². The number of fused-ring (bicyclic) bond motifs is 1. The molecule has 13 heavy (non-hydrogen) atoms. The number of hydrogen-bond acceptors (Lipinski definition) is 3. The zero-order valence-corrected chi connectivity index (χ0v) is 7.42. The van der Waals surface area contributed by atoms with Crippen molar-refractivity contribution in [3.8, 4) is 11.8 Å². The van der Waals surface area contributed by atoms with Crippen molar-refractivity contribution in [1.29, 1.82) is 5.26 Å². The lowest BCUT2D eigenvalue weighted by atomic mass is 10.0. The highest BCUT2D eigenvalue weighted by molar-refractivity contribution is 5.43. The van der Waals surface area contributed by atoms with E-state index >= 15 is 0 Å². The molecule has 2 rings (SSSR count). The summed E-state index contributed by atoms with van der Waals surface area (Å²) in [6, 6.07) is 7.73. The van der Waals surface area contributed by atoms with Crippen LogP contribution in [0.2, 0.25) is 0 Å². The molecule has 3 heteroatoms. The molecule has 3 nitrogen and oxygen atoms in total. The first-order valence-corrected chi connectivity index (χ1v) is 4.06. The van der Waals surface area contributed by atoms with Crippen LogP contribution in [0.3, 0.4) is 0 Å². The molecule has 0 aliphatic carbocycles. The Morgan fingerprint density at radius 3 is 3.00 bits per heavy atom. The van der Waals surface area contributed by atoms with Crippen molar-refractivity contribution in [1.82, 2.24) is 6.15 Å². The Hall–Kier alpha value is -1.53. The maximum Gasteiger partial charge on any atom is 0.123 e. The van der Waals surface area contributed by atoms with Crippen LogP contribution in [0.15, 0.2) is 18.2 Å². The van der Waals surface area contributed by atoms with Crippen molar-refractivity contribution in [2.45, 2.75) is 12.8 Å². The van der Waals surface area contributed by atoms with E-state index in [1.807, 2.05) is 18.2 Å². The summed E-state index contributed by atoms with van der Waals surface area (Å²) in [5.74, 6) is 0.889. The van der Waals surface area contributed by atoms with E-state index < -0.39 is 0 Å². The van der Waals surface area contributed by atoms with E-state index in [0.717, 1.165) is 25.2 Å². The Morgan fingerprint density at radius 2 is 2.23 bits per heavy atom. The van der Waals surface area contributed by atoms with Gasteiger partial charge in [-0.2, -0.15) is 5.26 Å². The third-order valence-corrected chi connectivity index (χ3v) is 2.04. The van der Waals surface area contributed by atoms with E-state index in [-0.39, 0.29) is 6.15 Å². The molecular formula is C10H12N2O. The minimum absolute atomic E-state index is 0. The predicted molar refractivity (Wildman–Crippen MR) is 50.0 cm³/mol. The first-order valence-electron chi connectivity index (χ1n) is 4.06. The molecule has 1 aliphatic heterocycles. The second-order valence-corrected chi connectivity index (χ2v) is 2.89. The van der Waals surface area contributed by atoms with Crippen LogP contribution >= 0.6 is 0 Å². The van der Waals surface area contributed by atoms with Crippen LogP contribution in [-0.2, 0) is 6.42 Å². The Labute approximate surface area is 77.5 Å². The van der Waals surface area contributed by atoms with Crippen molar-refractivity contribution in [3.63, 3.8) is 0 Å². The molecule has 1 aromatic carbocycles. The van der Waals surface area contributed by atoms with Crippen LogP contribution in [-0.4, -0.2) is 6.61 Å². The lowest BCUT2D eigenvalue weighted by Gasteiger charge is -2.16. The highest BCUT2D eigenvalue weighted by Crippen LogP contribution is 2.25. The van der Waals surface area contributed by atoms with Gasteiger partial charge in [0.25, 0.3) is 0 Å². The predicted octanol–water partition coefficient (Wildman–Crippen LogP) is 2.05. The van der Waals surface area contributed by atoms with Gasteiger partial charge in [-0.15, -0.1) is 0 Å². The largest absolute Gasteiger partial charge is 0.493 e. The molecule has 0 fully saturated rings. The summed E-state index contributed by atoms with van der Waals surface area (Å²) in [5, 5.41) is 8.63. The zero-order valence-electron chi connectivity index (χ0n) is 7.42. The number of aryl methyl sites for hydroxylation is 1. The summed E-state index contributed by atoms with van der Waals surface area (Å²) >= 11 is 0. The molecule has 0 aromatic heterocycles. The smallest absolute Gasteiger partial charge is 0.123 e. The van der Waals surface area contributed by atoms with Gasteiger partial charge in [0.1, 0.15) is 5.75 Å². The number of hydrogen-bond donors (Lipinski definition) is 1. The Balaban J connectivity index is 0.000000845. The average molecular weight is 176 g/mol. The molecule has 0 saturated heterocycles. The van der Waals surface area contributed by atoms with E-state index in [1.165, 1.54) is 5.56 Å². The second-order valence-electron chi connectivity index (χ2n) is 2.89. The van der Waals surface area contributed by atoms with Gasteiger partial charge in [0, 0.05) is 0 Å². The average Bonchev–Trinajstić information content (AvgIpc) is 2.17. The summed E-state index contributed by atoms with van der Waals surface area (Å²) in [6.07, 6.45) is 2.15. The van der Waals surface area contributed by atoms with E-state index in [9.17, 15) is 0 Å². The van der Waals surface area contributed by atoms with Crippen LogP contribution in [0.1, 0.15) is 17.5 Å². The van der Waals surface area contributed by atoms with E-state index in [0.29, 0.717) is 5.56 Å². The molecule has 1 aliphatic rings. The number of rotatable bonds is 0. The Morgan fingerprint density at radius 1 is 1.38 bits per heavy atom. The van der Waals surface area contributed by atoms with Gasteiger partial charge < -0.3 is 10.9 Å². The molecule has 3 N–H and O–H groups in total. The first-order chi connectivity index (χ1) is 5.90. The van der Waals surface area contributed by atoms with E-state index in [2.05, 4.69) is 6.07 Å². The highest BCUT2D eigenvalue weighted by Gasteiger charge is 2.09. The van der Waals surface area contributed by atoms with Crippen molar-refractivity contribution in [3.05, 3.63) is 29.3 Å². The molecular weight excluding hydrogens is 164 g/mol. The summed E-state index contributed by atoms with van der Waals surface area (Å²) in [7, 11) is 0. The quantitative estimate of drug-likeness (QED) is 0.657. The van der Waals surface area contributed by atoms with Gasteiger partial charge in [0.05, 0.1) is 18.2 Å². The fraction of sp³-hybridized carbons (Fsp3) is 0.300. The number of benzene rings is 1. The number of ether oxygens (including phenoxy) is 1. The van der Waals surface area contributed by atoms with Crippen molar-refractivity contribution >= 4 is 0 Å². The van der Waals surface area contributed by atoms with E-state index in [1.54, 1.807) is 0 Å². The first kappa shape index (κ1) is 9.56. The maximum absolute atomic E-state index is 8.63. The second kappa shape index (κ2) is 3.92. The van der Waals surface area contributed by atoms with Gasteiger partial charge in [-0.25, -0.2) is 0 Å². The zero-order chi connectivity index (χ0) is 8.39. The fourth-order valence-electron chi connectivity index (χ4n) is 1.41. The lowest BCUT2D eigenvalue weighted by Crippen LogP contribution is -2.08. The molecule has 0 atom stereocenters. The summed E-state index contributed by atoms with van der Waals surface area (Å²) in [5.41, 5.74) is 1.90. The minimum atomic E-state index is 0. The fourth-order valence-corrected chi connectivity index (χ4v) is 1.41. The van der Waals surface area contributed by atoms with E-state index in [4.69, 9.17) is 10.00 Å². The molecule has 0 amide bonds. The van der Waals surface area contributed by atoms with Gasteiger partial charge >= 0.3 is 0 Å². The molecule has 0 unspecified atom stereocenters. The Kier molecular flexibility index (Phi) is 2.88. The molecule has 1 heterocycles. The maximum atomic E-state index is 8.63. The molecule has 0 radical (unpaired) electrons. The summed E-state index contributed by atoms with van der Waals surface area (Å²) in [6.45, 7) is 0.780. The van der Waals surface area contributed by atoms with Gasteiger partial charge in [-0.1, -0.05) is 6.07 Å². The highest BCUT2D eigenvalue weighted by atomic mass is 16.5. The monoisotopic (exact) mass is 176 g/mol. The van der Waals surface area contributed by atoms with Crippen molar-refractivity contribution in [2.24, 2.45) is 0 Å². The standard InChI is InChI=1S/C10H9NO.H3N/c11-7-8-3-4-9-2-1-5-12-10(9)6-8;/h3-4,6H,1-2,5H2;1H3. The number of nitriles is 1. The van der Waals surface area contributed by atoms with Gasteiger partial charge in [0.15, 0.2) is 0 Å². The molecule has 0 bridgehead atoms. The van der Waals surface area contributed by atoms with Gasteiger partial charge in [0.2, 0.25) is 0 Å². The minimum Gasteiger partial charge on any atom is -0.493 e. The SMILES string of the molecule is N.N#Cc1ccc2c(c1)OCCC2. The molecule has 0 saturated carbocycles. The van der Waals surface area contributed by atoms with Crippen LogP contribution < -0.4 is 10.9 Å². The molecule has 1 aromatic rings. The third-order valence-electron chi connectivity index (χ3n) is 2.04. The van der Waals surface area contributed by atoms with Gasteiger partial charge in [-0.3, -0.25) is 0 Å². The van der Waals surface area contributed by atoms with Gasteiger partial charge in [-0.05, 0) is 30.5 Å². The van der Waals surface area contributed by atoms with Crippen LogP contribution in [0.25, 0.3) is 0 Å². The topological polar surface area (TPSA) is 68.0 Å². The Bertz CT molecular complexity index is 341. The summed E-state index contributed by atoms with van der Waals surface area (Å²) < 4.78 is 5.41. The van der Waals surface area contributed by atoms with Crippen LogP contribution in [0, 0.1) is 11.3 Å².